The van der Waals surface area contributed by atoms with Crippen molar-refractivity contribution in [3.8, 4) is 0 Å². The summed E-state index contributed by atoms with van der Waals surface area (Å²) >= 11 is 0. The van der Waals surface area contributed by atoms with Crippen LogP contribution in [-0.4, -0.2) is 53.7 Å². The number of hydrogen-bond donors (Lipinski definition) is 0. The molecule has 184 valence electrons. The van der Waals surface area contributed by atoms with E-state index in [9.17, 15) is 9.59 Å². The summed E-state index contributed by atoms with van der Waals surface area (Å²) in [6.07, 6.45) is 0.743. The molecule has 1 aliphatic rings. The number of pyridine rings is 1. The molecule has 0 N–H and O–H groups in total. The fourth-order valence-corrected chi connectivity index (χ4v) is 4.02. The van der Waals surface area contributed by atoms with Crippen molar-refractivity contribution >= 4 is 28.7 Å². The number of ether oxygens (including phenoxy) is 2. The average molecular weight is 476 g/mol. The van der Waals surface area contributed by atoms with Gasteiger partial charge in [0.2, 0.25) is 0 Å². The normalized spacial score (nSPS) is 14.1. The van der Waals surface area contributed by atoms with E-state index in [4.69, 9.17) is 14.5 Å². The smallest absolute Gasteiger partial charge is 0.410 e. The predicted molar refractivity (Wildman–Crippen MR) is 136 cm³/mol. The number of nitrogens with zero attached hydrogens (tertiary/aromatic N) is 3. The van der Waals surface area contributed by atoms with Gasteiger partial charge in [-0.25, -0.2) is 9.78 Å². The quantitative estimate of drug-likeness (QED) is 0.469. The Morgan fingerprint density at radius 1 is 0.943 bits per heavy atom. The lowest BCUT2D eigenvalue weighted by Gasteiger charge is -2.36. The first-order valence-electron chi connectivity index (χ1n) is 12.1. The Morgan fingerprint density at radius 3 is 2.37 bits per heavy atom. The number of aromatic nitrogens is 1. The van der Waals surface area contributed by atoms with Crippen LogP contribution in [-0.2, 0) is 27.3 Å². The van der Waals surface area contributed by atoms with E-state index in [2.05, 4.69) is 17.0 Å². The maximum absolute atomic E-state index is 12.3. The average Bonchev–Trinajstić information content (AvgIpc) is 2.85. The highest BCUT2D eigenvalue weighted by Gasteiger charge is 2.26. The van der Waals surface area contributed by atoms with Gasteiger partial charge in [-0.2, -0.15) is 0 Å². The SMILES string of the molecule is CC(C)(C)OC(=O)N1CCN(c2ccc3ccc(COC(=O)CCc4ccccc4)nc3c2)CC1. The molecular formula is C28H33N3O4. The number of piperazine rings is 1. The van der Waals surface area contributed by atoms with Gasteiger partial charge in [-0.15, -0.1) is 0 Å². The molecular weight excluding hydrogens is 442 g/mol. The van der Waals surface area contributed by atoms with Crippen LogP contribution < -0.4 is 4.90 Å². The molecule has 1 amide bonds. The molecule has 0 radical (unpaired) electrons. The summed E-state index contributed by atoms with van der Waals surface area (Å²) in [5.41, 5.74) is 3.26. The van der Waals surface area contributed by atoms with Gasteiger partial charge in [0.1, 0.15) is 12.2 Å². The monoisotopic (exact) mass is 475 g/mol. The van der Waals surface area contributed by atoms with E-state index in [1.807, 2.05) is 69.3 Å². The van der Waals surface area contributed by atoms with Gasteiger partial charge >= 0.3 is 12.1 Å². The number of benzene rings is 2. The van der Waals surface area contributed by atoms with E-state index in [-0.39, 0.29) is 18.7 Å². The molecule has 3 aromatic rings. The Labute approximate surface area is 206 Å². The molecule has 0 atom stereocenters. The molecule has 7 heteroatoms. The van der Waals surface area contributed by atoms with Crippen molar-refractivity contribution in [2.75, 3.05) is 31.1 Å². The summed E-state index contributed by atoms with van der Waals surface area (Å²) in [7, 11) is 0. The molecule has 0 bridgehead atoms. The van der Waals surface area contributed by atoms with Crippen molar-refractivity contribution in [2.45, 2.75) is 45.8 Å². The van der Waals surface area contributed by atoms with Crippen LogP contribution in [0.1, 0.15) is 38.4 Å². The van der Waals surface area contributed by atoms with Crippen molar-refractivity contribution in [1.82, 2.24) is 9.88 Å². The van der Waals surface area contributed by atoms with Gasteiger partial charge in [0.05, 0.1) is 11.2 Å². The van der Waals surface area contributed by atoms with E-state index >= 15 is 0 Å². The second-order valence-corrected chi connectivity index (χ2v) is 9.78. The number of aryl methyl sites for hydroxylation is 1. The van der Waals surface area contributed by atoms with E-state index in [0.717, 1.165) is 40.9 Å². The van der Waals surface area contributed by atoms with E-state index < -0.39 is 5.60 Å². The Kier molecular flexibility index (Phi) is 7.54. The number of carbonyl (C=O) groups is 2. The number of anilines is 1. The maximum Gasteiger partial charge on any atom is 0.410 e. The van der Waals surface area contributed by atoms with Crippen molar-refractivity contribution in [1.29, 1.82) is 0 Å². The van der Waals surface area contributed by atoms with Crippen LogP contribution >= 0.6 is 0 Å². The lowest BCUT2D eigenvalue weighted by molar-refractivity contribution is -0.145. The second kappa shape index (κ2) is 10.8. The van der Waals surface area contributed by atoms with Crippen molar-refractivity contribution < 1.29 is 19.1 Å². The zero-order valence-corrected chi connectivity index (χ0v) is 20.7. The summed E-state index contributed by atoms with van der Waals surface area (Å²) < 4.78 is 10.9. The molecule has 1 aliphatic heterocycles. The minimum absolute atomic E-state index is 0.155. The molecule has 2 aromatic carbocycles. The van der Waals surface area contributed by atoms with Gasteiger partial charge in [0.15, 0.2) is 0 Å². The maximum atomic E-state index is 12.3. The molecule has 7 nitrogen and oxygen atoms in total. The third-order valence-corrected chi connectivity index (χ3v) is 5.87. The van der Waals surface area contributed by atoms with Gasteiger partial charge in [-0.1, -0.05) is 42.5 Å². The summed E-state index contributed by atoms with van der Waals surface area (Å²) in [4.78, 5) is 33.2. The summed E-state index contributed by atoms with van der Waals surface area (Å²) in [6, 6.07) is 20.0. The lowest BCUT2D eigenvalue weighted by Crippen LogP contribution is -2.50. The zero-order valence-electron chi connectivity index (χ0n) is 20.7. The fourth-order valence-electron chi connectivity index (χ4n) is 4.02. The van der Waals surface area contributed by atoms with Crippen LogP contribution in [0.3, 0.4) is 0 Å². The summed E-state index contributed by atoms with van der Waals surface area (Å²) in [5, 5.41) is 1.03. The molecule has 1 fully saturated rings. The molecule has 0 unspecified atom stereocenters. The van der Waals surface area contributed by atoms with Crippen molar-refractivity contribution in [3.63, 3.8) is 0 Å². The molecule has 0 spiro atoms. The molecule has 0 aliphatic carbocycles. The van der Waals surface area contributed by atoms with Crippen LogP contribution in [0.2, 0.25) is 0 Å². The van der Waals surface area contributed by atoms with Crippen LogP contribution in [0.5, 0.6) is 0 Å². The number of amides is 1. The summed E-state index contributed by atoms with van der Waals surface area (Å²) in [5.74, 6) is -0.229. The predicted octanol–water partition coefficient (Wildman–Crippen LogP) is 4.97. The van der Waals surface area contributed by atoms with Gasteiger partial charge < -0.3 is 19.3 Å². The number of carbonyl (C=O) groups excluding carboxylic acids is 2. The fraction of sp³-hybridized carbons (Fsp3) is 0.393. The Morgan fingerprint density at radius 2 is 1.66 bits per heavy atom. The first kappa shape index (κ1) is 24.5. The zero-order chi connectivity index (χ0) is 24.8. The van der Waals surface area contributed by atoms with Crippen molar-refractivity contribution in [2.24, 2.45) is 0 Å². The van der Waals surface area contributed by atoms with Gasteiger partial charge in [-0.05, 0) is 51.0 Å². The topological polar surface area (TPSA) is 72.0 Å². The first-order valence-corrected chi connectivity index (χ1v) is 12.1. The van der Waals surface area contributed by atoms with Crippen LogP contribution in [0.25, 0.3) is 10.9 Å². The first-order chi connectivity index (χ1) is 16.8. The number of esters is 1. The van der Waals surface area contributed by atoms with Crippen LogP contribution in [0.15, 0.2) is 60.7 Å². The largest absolute Gasteiger partial charge is 0.459 e. The Bertz CT molecular complexity index is 1170. The highest BCUT2D eigenvalue weighted by Crippen LogP contribution is 2.23. The highest BCUT2D eigenvalue weighted by molar-refractivity contribution is 5.82. The molecule has 4 rings (SSSR count). The van der Waals surface area contributed by atoms with Crippen LogP contribution in [0, 0.1) is 0 Å². The highest BCUT2D eigenvalue weighted by atomic mass is 16.6. The number of hydrogen-bond acceptors (Lipinski definition) is 6. The third-order valence-electron chi connectivity index (χ3n) is 5.87. The minimum Gasteiger partial charge on any atom is -0.459 e. The van der Waals surface area contributed by atoms with E-state index in [0.29, 0.717) is 25.9 Å². The second-order valence-electron chi connectivity index (χ2n) is 9.78. The third kappa shape index (κ3) is 6.94. The number of rotatable bonds is 6. The Hall–Kier alpha value is -3.61. The van der Waals surface area contributed by atoms with E-state index in [1.165, 1.54) is 0 Å². The Balaban J connectivity index is 1.32. The molecule has 1 saturated heterocycles. The molecule has 0 saturated carbocycles. The molecule has 1 aromatic heterocycles. The molecule has 2 heterocycles. The van der Waals surface area contributed by atoms with E-state index in [1.54, 1.807) is 4.90 Å². The van der Waals surface area contributed by atoms with Gasteiger partial charge in [0, 0.05) is 43.7 Å². The van der Waals surface area contributed by atoms with Crippen LogP contribution in [0.4, 0.5) is 10.5 Å². The van der Waals surface area contributed by atoms with Crippen molar-refractivity contribution in [3.05, 3.63) is 71.9 Å². The lowest BCUT2D eigenvalue weighted by atomic mass is 10.1. The standard InChI is InChI=1S/C28H33N3O4/c1-28(2,3)35-27(33)31-17-15-30(16-18-31)24-13-11-22-10-12-23(29-25(22)19-24)20-34-26(32)14-9-21-7-5-4-6-8-21/h4-8,10-13,19H,9,14-18,20H2,1-3H3. The molecule has 35 heavy (non-hydrogen) atoms. The number of fused-ring (bicyclic) bond motifs is 1. The minimum atomic E-state index is -0.494. The van der Waals surface area contributed by atoms with Gasteiger partial charge in [0.25, 0.3) is 0 Å². The van der Waals surface area contributed by atoms with Gasteiger partial charge in [-0.3, -0.25) is 4.79 Å². The summed E-state index contributed by atoms with van der Waals surface area (Å²) in [6.45, 7) is 8.46.